The van der Waals surface area contributed by atoms with Crippen LogP contribution in [0.4, 0.5) is 4.79 Å². The summed E-state index contributed by atoms with van der Waals surface area (Å²) in [7, 11) is 1.52. The fraction of sp³-hybridized carbons (Fsp3) is 0.889. The Bertz CT molecular complexity index is 146. The fourth-order valence-corrected chi connectivity index (χ4v) is 0.907. The second kappa shape index (κ2) is 8.77. The minimum Gasteiger partial charge on any atom is -0.449 e. The molecule has 0 unspecified atom stereocenters. The highest BCUT2D eigenvalue weighted by molar-refractivity contribution is 5.66. The van der Waals surface area contributed by atoms with E-state index in [4.69, 9.17) is 14.2 Å². The molecule has 0 bridgehead atoms. The van der Waals surface area contributed by atoms with Crippen LogP contribution in [0.5, 0.6) is 0 Å². The van der Waals surface area contributed by atoms with Gasteiger partial charge < -0.3 is 19.5 Å². The van der Waals surface area contributed by atoms with Crippen molar-refractivity contribution in [2.45, 2.75) is 26.6 Å². The standard InChI is InChI=1S/C9H19NO4/c1-4-12-8(13-5-2)6-7-14-9(11)10-3/h8H,4-7H2,1-3H3,(H,10,11). The Morgan fingerprint density at radius 3 is 2.29 bits per heavy atom. The summed E-state index contributed by atoms with van der Waals surface area (Å²) in [4.78, 5) is 10.7. The lowest BCUT2D eigenvalue weighted by molar-refractivity contribution is -0.143. The predicted octanol–water partition coefficient (Wildman–Crippen LogP) is 1.13. The van der Waals surface area contributed by atoms with E-state index in [1.807, 2.05) is 13.8 Å². The maximum absolute atomic E-state index is 10.7. The van der Waals surface area contributed by atoms with Gasteiger partial charge in [-0.1, -0.05) is 0 Å². The van der Waals surface area contributed by atoms with Crippen LogP contribution < -0.4 is 5.32 Å². The molecule has 0 aliphatic carbocycles. The zero-order valence-corrected chi connectivity index (χ0v) is 9.04. The molecule has 0 fully saturated rings. The molecule has 84 valence electrons. The summed E-state index contributed by atoms with van der Waals surface area (Å²) in [6.07, 6.45) is -0.166. The van der Waals surface area contributed by atoms with E-state index >= 15 is 0 Å². The second-order valence-electron chi connectivity index (χ2n) is 2.51. The minimum absolute atomic E-state index is 0.283. The second-order valence-corrected chi connectivity index (χ2v) is 2.51. The molecule has 0 atom stereocenters. The molecule has 0 aromatic carbocycles. The number of carbonyl (C=O) groups is 1. The van der Waals surface area contributed by atoms with Crippen LogP contribution in [0.3, 0.4) is 0 Å². The zero-order chi connectivity index (χ0) is 10.8. The van der Waals surface area contributed by atoms with Crippen molar-refractivity contribution in [1.29, 1.82) is 0 Å². The molecule has 0 rings (SSSR count). The van der Waals surface area contributed by atoms with E-state index in [0.29, 0.717) is 26.2 Å². The number of hydrogen-bond donors (Lipinski definition) is 1. The van der Waals surface area contributed by atoms with Crippen molar-refractivity contribution in [1.82, 2.24) is 5.32 Å². The van der Waals surface area contributed by atoms with Gasteiger partial charge in [-0.2, -0.15) is 0 Å². The Labute approximate surface area is 84.7 Å². The van der Waals surface area contributed by atoms with Crippen LogP contribution in [-0.2, 0) is 14.2 Å². The molecule has 0 aromatic heterocycles. The first-order valence-corrected chi connectivity index (χ1v) is 4.82. The number of ether oxygens (including phenoxy) is 3. The molecule has 0 heterocycles. The number of amides is 1. The first-order chi connectivity index (χ1) is 6.74. The first kappa shape index (κ1) is 13.2. The summed E-state index contributed by atoms with van der Waals surface area (Å²) >= 11 is 0. The highest BCUT2D eigenvalue weighted by Gasteiger charge is 2.08. The van der Waals surface area contributed by atoms with Gasteiger partial charge in [0, 0.05) is 26.7 Å². The summed E-state index contributed by atoms with van der Waals surface area (Å²) in [6.45, 7) is 5.26. The average Bonchev–Trinajstić information content (AvgIpc) is 2.18. The molecule has 0 saturated carbocycles. The smallest absolute Gasteiger partial charge is 0.406 e. The molecule has 14 heavy (non-hydrogen) atoms. The zero-order valence-electron chi connectivity index (χ0n) is 9.04. The van der Waals surface area contributed by atoms with Gasteiger partial charge in [0.25, 0.3) is 0 Å². The quantitative estimate of drug-likeness (QED) is 0.633. The summed E-state index contributed by atoms with van der Waals surface area (Å²) in [5, 5.41) is 2.36. The minimum atomic E-state index is -0.434. The normalized spacial score (nSPS) is 10.3. The van der Waals surface area contributed by atoms with Crippen molar-refractivity contribution >= 4 is 6.09 Å². The third-order valence-corrected chi connectivity index (χ3v) is 1.50. The van der Waals surface area contributed by atoms with Crippen molar-refractivity contribution < 1.29 is 19.0 Å². The molecule has 0 saturated heterocycles. The Morgan fingerprint density at radius 2 is 1.86 bits per heavy atom. The molecular formula is C9H19NO4. The maximum atomic E-state index is 10.7. The highest BCUT2D eigenvalue weighted by atomic mass is 16.7. The van der Waals surface area contributed by atoms with Crippen LogP contribution >= 0.6 is 0 Å². The van der Waals surface area contributed by atoms with Gasteiger partial charge in [0.2, 0.25) is 0 Å². The van der Waals surface area contributed by atoms with Crippen molar-refractivity contribution in [3.8, 4) is 0 Å². The molecule has 0 aromatic rings. The van der Waals surface area contributed by atoms with Gasteiger partial charge in [0.15, 0.2) is 6.29 Å². The SMILES string of the molecule is CCOC(CCOC(=O)NC)OCC. The van der Waals surface area contributed by atoms with Gasteiger partial charge in [-0.05, 0) is 13.8 Å². The van der Waals surface area contributed by atoms with Crippen LogP contribution in [0.15, 0.2) is 0 Å². The van der Waals surface area contributed by atoms with E-state index in [1.165, 1.54) is 7.05 Å². The van der Waals surface area contributed by atoms with E-state index in [0.717, 1.165) is 0 Å². The summed E-state index contributed by atoms with van der Waals surface area (Å²) in [6, 6.07) is 0. The molecule has 5 heteroatoms. The third-order valence-electron chi connectivity index (χ3n) is 1.50. The fourth-order valence-electron chi connectivity index (χ4n) is 0.907. The van der Waals surface area contributed by atoms with Gasteiger partial charge in [0.1, 0.15) is 0 Å². The lowest BCUT2D eigenvalue weighted by atomic mass is 10.4. The number of alkyl carbamates (subject to hydrolysis) is 1. The number of hydrogen-bond acceptors (Lipinski definition) is 4. The van der Waals surface area contributed by atoms with Crippen LogP contribution in [0.2, 0.25) is 0 Å². The Balaban J connectivity index is 3.54. The van der Waals surface area contributed by atoms with Crippen LogP contribution in [-0.4, -0.2) is 39.3 Å². The van der Waals surface area contributed by atoms with E-state index in [-0.39, 0.29) is 6.29 Å². The van der Waals surface area contributed by atoms with Crippen LogP contribution in [0.1, 0.15) is 20.3 Å². The van der Waals surface area contributed by atoms with E-state index < -0.39 is 6.09 Å². The van der Waals surface area contributed by atoms with E-state index in [1.54, 1.807) is 0 Å². The molecular weight excluding hydrogens is 186 g/mol. The predicted molar refractivity (Wildman–Crippen MR) is 52.1 cm³/mol. The Hall–Kier alpha value is -0.810. The lowest BCUT2D eigenvalue weighted by Crippen LogP contribution is -2.24. The summed E-state index contributed by atoms with van der Waals surface area (Å²) in [5.41, 5.74) is 0. The van der Waals surface area contributed by atoms with Gasteiger partial charge in [-0.3, -0.25) is 0 Å². The van der Waals surface area contributed by atoms with Crippen molar-refractivity contribution in [3.05, 3.63) is 0 Å². The summed E-state index contributed by atoms with van der Waals surface area (Å²) in [5.74, 6) is 0. The molecule has 0 aliphatic heterocycles. The van der Waals surface area contributed by atoms with Crippen molar-refractivity contribution in [2.24, 2.45) is 0 Å². The molecule has 0 radical (unpaired) electrons. The first-order valence-electron chi connectivity index (χ1n) is 4.82. The van der Waals surface area contributed by atoms with E-state index in [2.05, 4.69) is 5.32 Å². The molecule has 0 spiro atoms. The topological polar surface area (TPSA) is 56.8 Å². The largest absolute Gasteiger partial charge is 0.449 e. The third kappa shape index (κ3) is 6.68. The lowest BCUT2D eigenvalue weighted by Gasteiger charge is -2.16. The highest BCUT2D eigenvalue weighted by Crippen LogP contribution is 2.01. The van der Waals surface area contributed by atoms with E-state index in [9.17, 15) is 4.79 Å². The molecule has 1 amide bonds. The average molecular weight is 205 g/mol. The maximum Gasteiger partial charge on any atom is 0.406 e. The van der Waals surface area contributed by atoms with Gasteiger partial charge in [-0.25, -0.2) is 4.79 Å². The monoisotopic (exact) mass is 205 g/mol. The molecule has 5 nitrogen and oxygen atoms in total. The van der Waals surface area contributed by atoms with Crippen LogP contribution in [0, 0.1) is 0 Å². The van der Waals surface area contributed by atoms with Gasteiger partial charge >= 0.3 is 6.09 Å². The molecule has 1 N–H and O–H groups in total. The Morgan fingerprint density at radius 1 is 1.29 bits per heavy atom. The molecule has 0 aliphatic rings. The van der Waals surface area contributed by atoms with Gasteiger partial charge in [0.05, 0.1) is 6.61 Å². The number of nitrogens with one attached hydrogen (secondary N) is 1. The van der Waals surface area contributed by atoms with Crippen molar-refractivity contribution in [2.75, 3.05) is 26.9 Å². The Kier molecular flexibility index (Phi) is 8.27. The van der Waals surface area contributed by atoms with Gasteiger partial charge in [-0.15, -0.1) is 0 Å². The number of rotatable bonds is 7. The number of carbonyl (C=O) groups excluding carboxylic acids is 1. The van der Waals surface area contributed by atoms with Crippen LogP contribution in [0.25, 0.3) is 0 Å². The summed E-state index contributed by atoms with van der Waals surface area (Å²) < 4.78 is 15.3. The van der Waals surface area contributed by atoms with Crippen molar-refractivity contribution in [3.63, 3.8) is 0 Å².